The molecule has 0 radical (unpaired) electrons. The standard InChI is InChI=1S/C39H63N3O7/c1-11-26(4)33(35(44)40-30(36(45)47-10)22-27-18-14-12-15-19-27)41-34(43)29(25(2)3)24-32-31(23-28-20-16-13-17-21-28)42(39(8,9)48-32)37(46)49-38(5,6)7/h12,14-15,18-19,25-26,28-33H,11,13,16-17,20-24H2,1-10H3,(H,40,44)(H,41,43)/t26-,29-,30-,31-,32-,33-/m0/s1. The first-order valence-electron chi connectivity index (χ1n) is 18.4. The number of carbonyl (C=O) groups is 4. The number of nitrogens with one attached hydrogen (secondary N) is 2. The first-order valence-corrected chi connectivity index (χ1v) is 18.4. The molecular weight excluding hydrogens is 622 g/mol. The molecule has 3 amide bonds. The Balaban J connectivity index is 1.85. The Labute approximate surface area is 294 Å². The number of methoxy groups -OCH3 is 1. The molecule has 2 N–H and O–H groups in total. The summed E-state index contributed by atoms with van der Waals surface area (Å²) in [6.07, 6.45) is 7.09. The van der Waals surface area contributed by atoms with E-state index in [0.717, 1.165) is 24.8 Å². The molecule has 1 aliphatic heterocycles. The van der Waals surface area contributed by atoms with Crippen molar-refractivity contribution < 1.29 is 33.4 Å². The highest BCUT2D eigenvalue weighted by molar-refractivity contribution is 5.91. The van der Waals surface area contributed by atoms with Crippen LogP contribution < -0.4 is 10.6 Å². The van der Waals surface area contributed by atoms with E-state index in [1.165, 1.54) is 26.4 Å². The van der Waals surface area contributed by atoms with E-state index in [1.807, 2.05) is 92.6 Å². The molecule has 10 heteroatoms. The lowest BCUT2D eigenvalue weighted by atomic mass is 9.81. The molecular formula is C39H63N3O7. The second-order valence-electron chi connectivity index (χ2n) is 16.0. The van der Waals surface area contributed by atoms with Crippen molar-refractivity contribution in [2.45, 2.75) is 156 Å². The van der Waals surface area contributed by atoms with Crippen LogP contribution in [0.2, 0.25) is 0 Å². The summed E-state index contributed by atoms with van der Waals surface area (Å²) in [6.45, 7) is 17.3. The highest BCUT2D eigenvalue weighted by Gasteiger charge is 2.52. The highest BCUT2D eigenvalue weighted by Crippen LogP contribution is 2.42. The average Bonchev–Trinajstić information content (AvgIpc) is 3.29. The lowest BCUT2D eigenvalue weighted by Gasteiger charge is -2.37. The van der Waals surface area contributed by atoms with Gasteiger partial charge in [0.25, 0.3) is 0 Å². The number of rotatable bonds is 14. The number of esters is 1. The Hall–Kier alpha value is -3.14. The van der Waals surface area contributed by atoms with Crippen LogP contribution in [0.25, 0.3) is 0 Å². The van der Waals surface area contributed by atoms with E-state index in [2.05, 4.69) is 10.6 Å². The van der Waals surface area contributed by atoms with Gasteiger partial charge in [-0.1, -0.05) is 96.6 Å². The lowest BCUT2D eigenvalue weighted by molar-refractivity contribution is -0.145. The number of hydrogen-bond donors (Lipinski definition) is 2. The van der Waals surface area contributed by atoms with Gasteiger partial charge in [-0.2, -0.15) is 0 Å². The Bertz CT molecular complexity index is 1240. The number of benzene rings is 1. The van der Waals surface area contributed by atoms with E-state index in [4.69, 9.17) is 14.2 Å². The predicted octanol–water partition coefficient (Wildman–Crippen LogP) is 6.79. The molecule has 0 spiro atoms. The second kappa shape index (κ2) is 17.7. The number of nitrogens with zero attached hydrogens (tertiary/aromatic N) is 1. The van der Waals surface area contributed by atoms with Crippen LogP contribution in [-0.2, 0) is 35.0 Å². The van der Waals surface area contributed by atoms with Crippen molar-refractivity contribution in [3.63, 3.8) is 0 Å². The van der Waals surface area contributed by atoms with E-state index < -0.39 is 53.4 Å². The van der Waals surface area contributed by atoms with Crippen LogP contribution in [0, 0.1) is 23.7 Å². The molecule has 0 unspecified atom stereocenters. The maximum absolute atomic E-state index is 14.2. The number of ether oxygens (including phenoxy) is 3. The van der Waals surface area contributed by atoms with Crippen LogP contribution >= 0.6 is 0 Å². The lowest BCUT2D eigenvalue weighted by Crippen LogP contribution is -2.56. The Morgan fingerprint density at radius 2 is 1.61 bits per heavy atom. The van der Waals surface area contributed by atoms with Crippen molar-refractivity contribution in [2.24, 2.45) is 23.7 Å². The van der Waals surface area contributed by atoms with Gasteiger partial charge in [0.05, 0.1) is 19.3 Å². The zero-order valence-corrected chi connectivity index (χ0v) is 31.7. The molecule has 1 aromatic carbocycles. The molecule has 1 saturated heterocycles. The van der Waals surface area contributed by atoms with E-state index >= 15 is 0 Å². The molecule has 276 valence electrons. The van der Waals surface area contributed by atoms with Gasteiger partial charge in [-0.3, -0.25) is 14.5 Å². The average molecular weight is 686 g/mol. The molecule has 1 heterocycles. The van der Waals surface area contributed by atoms with Crippen molar-refractivity contribution >= 4 is 23.9 Å². The van der Waals surface area contributed by atoms with Gasteiger partial charge in [-0.15, -0.1) is 0 Å². The fourth-order valence-corrected chi connectivity index (χ4v) is 7.31. The van der Waals surface area contributed by atoms with Gasteiger partial charge >= 0.3 is 12.1 Å². The van der Waals surface area contributed by atoms with Crippen LogP contribution in [0.1, 0.15) is 119 Å². The molecule has 49 heavy (non-hydrogen) atoms. The quantitative estimate of drug-likeness (QED) is 0.207. The zero-order chi connectivity index (χ0) is 36.5. The van der Waals surface area contributed by atoms with Gasteiger partial charge in [0.15, 0.2) is 0 Å². The van der Waals surface area contributed by atoms with Crippen molar-refractivity contribution in [3.05, 3.63) is 35.9 Å². The van der Waals surface area contributed by atoms with Crippen molar-refractivity contribution in [2.75, 3.05) is 7.11 Å². The maximum Gasteiger partial charge on any atom is 0.412 e. The minimum absolute atomic E-state index is 0.0702. The second-order valence-corrected chi connectivity index (χ2v) is 16.0. The summed E-state index contributed by atoms with van der Waals surface area (Å²) >= 11 is 0. The molecule has 2 fully saturated rings. The minimum atomic E-state index is -0.925. The third kappa shape index (κ3) is 11.4. The molecule has 10 nitrogen and oxygen atoms in total. The molecule has 6 atom stereocenters. The van der Waals surface area contributed by atoms with Gasteiger partial charge in [-0.25, -0.2) is 9.59 Å². The van der Waals surface area contributed by atoms with Crippen molar-refractivity contribution in [1.82, 2.24) is 15.5 Å². The van der Waals surface area contributed by atoms with Gasteiger partial charge < -0.3 is 24.8 Å². The van der Waals surface area contributed by atoms with E-state index in [9.17, 15) is 19.2 Å². The number of amides is 3. The number of hydrogen-bond acceptors (Lipinski definition) is 7. The van der Waals surface area contributed by atoms with Crippen molar-refractivity contribution in [1.29, 1.82) is 0 Å². The molecule has 0 bridgehead atoms. The van der Waals surface area contributed by atoms with Crippen LogP contribution in [0.4, 0.5) is 4.79 Å². The van der Waals surface area contributed by atoms with Crippen LogP contribution in [0.5, 0.6) is 0 Å². The monoisotopic (exact) mass is 685 g/mol. The minimum Gasteiger partial charge on any atom is -0.467 e. The Morgan fingerprint density at radius 1 is 0.980 bits per heavy atom. The third-order valence-corrected chi connectivity index (χ3v) is 10.2. The van der Waals surface area contributed by atoms with Gasteiger partial charge in [0.1, 0.15) is 23.4 Å². The molecule has 3 rings (SSSR count). The summed E-state index contributed by atoms with van der Waals surface area (Å²) in [5, 5.41) is 5.93. The summed E-state index contributed by atoms with van der Waals surface area (Å²) in [6, 6.07) is 7.40. The van der Waals surface area contributed by atoms with E-state index in [0.29, 0.717) is 18.8 Å². The molecule has 1 aromatic rings. The maximum atomic E-state index is 14.2. The summed E-state index contributed by atoms with van der Waals surface area (Å²) in [4.78, 5) is 56.2. The van der Waals surface area contributed by atoms with E-state index in [1.54, 1.807) is 4.90 Å². The molecule has 1 saturated carbocycles. The highest BCUT2D eigenvalue weighted by atomic mass is 16.6. The number of carbonyl (C=O) groups excluding carboxylic acids is 4. The third-order valence-electron chi connectivity index (χ3n) is 10.2. The molecule has 2 aliphatic rings. The first-order chi connectivity index (χ1) is 23.0. The van der Waals surface area contributed by atoms with Gasteiger partial charge in [-0.05, 0) is 70.8 Å². The predicted molar refractivity (Wildman–Crippen MR) is 190 cm³/mol. The normalized spacial score (nSPS) is 22.1. The SMILES string of the molecule is CC[C@H](C)[C@H](NC(=O)[C@@H](C[C@@H]1OC(C)(C)N(C(=O)OC(C)(C)C)[C@H]1CC1CCCCC1)C(C)C)C(=O)N[C@@H](Cc1ccccc1)C(=O)OC. The Kier molecular flexibility index (Phi) is 14.5. The largest absolute Gasteiger partial charge is 0.467 e. The summed E-state index contributed by atoms with van der Waals surface area (Å²) in [5.41, 5.74) is -0.712. The van der Waals surface area contributed by atoms with Gasteiger partial charge in [0.2, 0.25) is 11.8 Å². The molecule has 1 aliphatic carbocycles. The fraction of sp³-hybridized carbons (Fsp3) is 0.744. The topological polar surface area (TPSA) is 123 Å². The molecule has 0 aromatic heterocycles. The zero-order valence-electron chi connectivity index (χ0n) is 31.7. The van der Waals surface area contributed by atoms with E-state index in [-0.39, 0.29) is 30.2 Å². The smallest absolute Gasteiger partial charge is 0.412 e. The van der Waals surface area contributed by atoms with Crippen LogP contribution in [-0.4, -0.2) is 71.4 Å². The van der Waals surface area contributed by atoms with Crippen molar-refractivity contribution in [3.8, 4) is 0 Å². The summed E-state index contributed by atoms with van der Waals surface area (Å²) in [5.74, 6) is -1.52. The van der Waals surface area contributed by atoms with Crippen LogP contribution in [0.15, 0.2) is 30.3 Å². The van der Waals surface area contributed by atoms with Gasteiger partial charge in [0, 0.05) is 12.3 Å². The van der Waals surface area contributed by atoms with Crippen LogP contribution in [0.3, 0.4) is 0 Å². The first kappa shape index (κ1) is 40.3. The summed E-state index contributed by atoms with van der Waals surface area (Å²) < 4.78 is 17.6. The Morgan fingerprint density at radius 3 is 2.16 bits per heavy atom. The summed E-state index contributed by atoms with van der Waals surface area (Å²) in [7, 11) is 1.30. The fourth-order valence-electron chi connectivity index (χ4n) is 7.31.